The van der Waals surface area contributed by atoms with E-state index in [0.717, 1.165) is 12.1 Å². The summed E-state index contributed by atoms with van der Waals surface area (Å²) < 4.78 is 39.2. The van der Waals surface area contributed by atoms with Crippen LogP contribution in [0.1, 0.15) is 5.56 Å². The maximum atomic E-state index is 13.1. The van der Waals surface area contributed by atoms with Crippen LogP contribution in [0.15, 0.2) is 65.4 Å². The van der Waals surface area contributed by atoms with Gasteiger partial charge in [0.05, 0.1) is 21.7 Å². The van der Waals surface area contributed by atoms with Gasteiger partial charge in [-0.2, -0.15) is 23.1 Å². The molecule has 0 aliphatic heterocycles. The van der Waals surface area contributed by atoms with Gasteiger partial charge in [0, 0.05) is 44.3 Å². The van der Waals surface area contributed by atoms with Crippen LogP contribution in [0, 0.1) is 10.1 Å². The third kappa shape index (κ3) is 6.01. The molecule has 0 fully saturated rings. The monoisotopic (exact) mass is 486 g/mol. The lowest BCUT2D eigenvalue weighted by Gasteiger charge is -2.18. The number of nitro benzene ring substituents is 1. The molecule has 0 saturated heterocycles. The van der Waals surface area contributed by atoms with Crippen LogP contribution in [0.25, 0.3) is 11.1 Å². The van der Waals surface area contributed by atoms with Crippen molar-refractivity contribution in [2.75, 3.05) is 30.0 Å². The number of nitrogens with one attached hydrogen (secondary N) is 3. The van der Waals surface area contributed by atoms with E-state index in [1.165, 1.54) is 42.7 Å². The maximum Gasteiger partial charge on any atom is 0.416 e. The molecule has 1 aromatic heterocycles. The van der Waals surface area contributed by atoms with Crippen LogP contribution in [0.2, 0.25) is 0 Å². The van der Waals surface area contributed by atoms with E-state index in [-0.39, 0.29) is 23.3 Å². The summed E-state index contributed by atoms with van der Waals surface area (Å²) >= 11 is 0. The van der Waals surface area contributed by atoms with Gasteiger partial charge in [-0.3, -0.25) is 15.1 Å². The minimum Gasteiger partial charge on any atom is -0.403 e. The third-order valence-electron chi connectivity index (χ3n) is 4.67. The highest BCUT2D eigenvalue weighted by Gasteiger charge is 2.30. The molecule has 182 valence electrons. The zero-order valence-corrected chi connectivity index (χ0v) is 18.6. The number of hydrogen-bond donors (Lipinski definition) is 4. The molecule has 5 N–H and O–H groups in total. The van der Waals surface area contributed by atoms with E-state index in [2.05, 4.69) is 30.9 Å². The molecular weight excluding hydrogens is 465 g/mol. The number of non-ortho nitro benzene ring substituents is 1. The number of allylic oxidation sites excluding steroid dienone is 1. The van der Waals surface area contributed by atoms with Crippen LogP contribution in [0.3, 0.4) is 0 Å². The Balaban J connectivity index is 2.16. The maximum absolute atomic E-state index is 13.1. The molecule has 0 amide bonds. The Kier molecular flexibility index (Phi) is 7.49. The second-order valence-electron chi connectivity index (χ2n) is 7.01. The molecule has 0 bridgehead atoms. The summed E-state index contributed by atoms with van der Waals surface area (Å²) in [5.41, 5.74) is 6.09. The first-order chi connectivity index (χ1) is 16.7. The van der Waals surface area contributed by atoms with Gasteiger partial charge >= 0.3 is 6.18 Å². The minimum atomic E-state index is -4.50. The van der Waals surface area contributed by atoms with Gasteiger partial charge in [-0.05, 0) is 23.8 Å². The quantitative estimate of drug-likeness (QED) is 0.203. The van der Waals surface area contributed by atoms with Gasteiger partial charge in [-0.25, -0.2) is 0 Å². The van der Waals surface area contributed by atoms with Crippen molar-refractivity contribution in [3.05, 3.63) is 76.1 Å². The van der Waals surface area contributed by atoms with Crippen molar-refractivity contribution in [2.45, 2.75) is 6.18 Å². The van der Waals surface area contributed by atoms with Crippen LogP contribution in [-0.2, 0) is 6.18 Å². The molecule has 10 nitrogen and oxygen atoms in total. The number of aromatic nitrogens is 2. The number of halogens is 3. The summed E-state index contributed by atoms with van der Waals surface area (Å²) in [5.74, 6) is 0.548. The van der Waals surface area contributed by atoms with E-state index in [1.54, 1.807) is 20.2 Å². The van der Waals surface area contributed by atoms with Crippen molar-refractivity contribution in [1.29, 1.82) is 0 Å². The third-order valence-corrected chi connectivity index (χ3v) is 4.67. The number of alkyl halides is 3. The van der Waals surface area contributed by atoms with Crippen molar-refractivity contribution in [3.8, 4) is 11.1 Å². The van der Waals surface area contributed by atoms with E-state index in [9.17, 15) is 23.3 Å². The minimum absolute atomic E-state index is 0.0922. The average Bonchev–Trinajstić information content (AvgIpc) is 2.83. The highest BCUT2D eigenvalue weighted by molar-refractivity contribution is 5.88. The lowest BCUT2D eigenvalue weighted by molar-refractivity contribution is -0.384. The molecular formula is C22H21F3N8O2. The zero-order valence-electron chi connectivity index (χ0n) is 18.6. The Bertz CT molecular complexity index is 1270. The Morgan fingerprint density at radius 1 is 1.14 bits per heavy atom. The summed E-state index contributed by atoms with van der Waals surface area (Å²) in [6, 6.07) is 10.2. The first-order valence-corrected chi connectivity index (χ1v) is 10.1. The Morgan fingerprint density at radius 2 is 1.83 bits per heavy atom. The van der Waals surface area contributed by atoms with Crippen molar-refractivity contribution in [2.24, 2.45) is 10.7 Å². The molecule has 0 saturated carbocycles. The summed E-state index contributed by atoms with van der Waals surface area (Å²) in [7, 11) is 3.14. The lowest BCUT2D eigenvalue weighted by Crippen LogP contribution is -2.11. The molecule has 0 aliphatic rings. The molecule has 0 unspecified atom stereocenters. The van der Waals surface area contributed by atoms with E-state index in [4.69, 9.17) is 5.73 Å². The van der Waals surface area contributed by atoms with Gasteiger partial charge in [0.2, 0.25) is 5.95 Å². The normalized spacial score (nSPS) is 12.0. The number of nitrogens with two attached hydrogens (primary N) is 1. The van der Waals surface area contributed by atoms with E-state index in [1.807, 2.05) is 0 Å². The number of nitrogens with zero attached hydrogens (tertiary/aromatic N) is 4. The molecule has 0 atom stereocenters. The Labute approximate surface area is 198 Å². The van der Waals surface area contributed by atoms with Crippen molar-refractivity contribution >= 4 is 35.2 Å². The summed E-state index contributed by atoms with van der Waals surface area (Å²) in [6.45, 7) is 0. The van der Waals surface area contributed by atoms with Gasteiger partial charge in [0.1, 0.15) is 11.6 Å². The SMILES string of the molecule is CN=CC(=CN)Nc1nc(NC)c(-c2ccc(C(F)(F)F)cc2)c(Nc2cccc([N+](=O)[O-])c2)n1. The van der Waals surface area contributed by atoms with Crippen LogP contribution >= 0.6 is 0 Å². The first-order valence-electron chi connectivity index (χ1n) is 10.1. The second-order valence-corrected chi connectivity index (χ2v) is 7.01. The highest BCUT2D eigenvalue weighted by atomic mass is 19.4. The fraction of sp³-hybridized carbons (Fsp3) is 0.136. The second kappa shape index (κ2) is 10.5. The van der Waals surface area contributed by atoms with Gasteiger partial charge in [-0.1, -0.05) is 18.2 Å². The van der Waals surface area contributed by atoms with Gasteiger partial charge in [0.25, 0.3) is 5.69 Å². The number of hydrogen-bond acceptors (Lipinski definition) is 9. The molecule has 0 spiro atoms. The van der Waals surface area contributed by atoms with Crippen LogP contribution in [-0.4, -0.2) is 35.2 Å². The molecule has 35 heavy (non-hydrogen) atoms. The fourth-order valence-electron chi connectivity index (χ4n) is 3.11. The van der Waals surface area contributed by atoms with Crippen LogP contribution in [0.5, 0.6) is 0 Å². The van der Waals surface area contributed by atoms with Crippen LogP contribution < -0.4 is 21.7 Å². The summed E-state index contributed by atoms with van der Waals surface area (Å²) in [5, 5.41) is 20.0. The van der Waals surface area contributed by atoms with Crippen molar-refractivity contribution in [1.82, 2.24) is 9.97 Å². The molecule has 0 radical (unpaired) electrons. The summed E-state index contributed by atoms with van der Waals surface area (Å²) in [4.78, 5) is 23.4. The van der Waals surface area contributed by atoms with E-state index < -0.39 is 16.7 Å². The number of rotatable bonds is 8. The average molecular weight is 486 g/mol. The number of nitro groups is 1. The topological polar surface area (TPSA) is 143 Å². The fourth-order valence-corrected chi connectivity index (χ4v) is 3.11. The van der Waals surface area contributed by atoms with Crippen LogP contribution in [0.4, 0.5) is 42.1 Å². The lowest BCUT2D eigenvalue weighted by atomic mass is 10.0. The predicted molar refractivity (Wildman–Crippen MR) is 129 cm³/mol. The van der Waals surface area contributed by atoms with Gasteiger partial charge < -0.3 is 21.7 Å². The highest BCUT2D eigenvalue weighted by Crippen LogP contribution is 2.38. The molecule has 3 aromatic rings. The molecule has 1 heterocycles. The standard InChI is InChI=1S/C22H21F3N8O2/c1-27-12-16(11-26)30-21-31-19(28-2)18(13-6-8-14(9-7-13)22(23,24)25)20(32-21)29-15-4-3-5-17(10-15)33(34)35/h3-12H,26H2,1-2H3,(H3,28,29,30,31,32). The van der Waals surface area contributed by atoms with E-state index in [0.29, 0.717) is 22.5 Å². The summed E-state index contributed by atoms with van der Waals surface area (Å²) in [6.07, 6.45) is -1.79. The number of aliphatic imine (C=N–C) groups is 1. The Hall–Kier alpha value is -4.68. The van der Waals surface area contributed by atoms with Gasteiger partial charge in [0.15, 0.2) is 0 Å². The van der Waals surface area contributed by atoms with Crippen molar-refractivity contribution < 1.29 is 18.1 Å². The molecule has 13 heteroatoms. The zero-order chi connectivity index (χ0) is 25.6. The number of benzene rings is 2. The molecule has 0 aliphatic carbocycles. The molecule has 2 aromatic carbocycles. The smallest absolute Gasteiger partial charge is 0.403 e. The first kappa shape index (κ1) is 25.0. The largest absolute Gasteiger partial charge is 0.416 e. The predicted octanol–water partition coefficient (Wildman–Crippen LogP) is 4.77. The molecule has 3 rings (SSSR count). The van der Waals surface area contributed by atoms with Gasteiger partial charge in [-0.15, -0.1) is 0 Å². The Morgan fingerprint density at radius 3 is 2.40 bits per heavy atom. The van der Waals surface area contributed by atoms with E-state index >= 15 is 0 Å². The number of anilines is 4. The van der Waals surface area contributed by atoms with Crippen molar-refractivity contribution in [3.63, 3.8) is 0 Å².